The number of aromatic nitrogens is 1. The molecule has 0 bridgehead atoms. The number of amides is 3. The summed E-state index contributed by atoms with van der Waals surface area (Å²) in [7, 11) is 1.68. The molecular weight excluding hydrogens is 370 g/mol. The fourth-order valence-electron chi connectivity index (χ4n) is 2.95. The van der Waals surface area contributed by atoms with E-state index in [0.29, 0.717) is 30.0 Å². The SMILES string of the molecule is Cn1cccc1C(=O)NC(=O)COC(=O)[C@@H]1CCCN1C(=O)c1cccs1. The maximum atomic E-state index is 12.5. The van der Waals surface area contributed by atoms with E-state index in [0.717, 1.165) is 0 Å². The zero-order valence-corrected chi connectivity index (χ0v) is 15.5. The molecule has 0 saturated carbocycles. The maximum Gasteiger partial charge on any atom is 0.329 e. The van der Waals surface area contributed by atoms with Crippen LogP contribution in [0.2, 0.25) is 0 Å². The van der Waals surface area contributed by atoms with E-state index in [1.54, 1.807) is 47.5 Å². The van der Waals surface area contributed by atoms with Crippen LogP contribution in [0, 0.1) is 0 Å². The number of imide groups is 1. The molecule has 1 aliphatic rings. The van der Waals surface area contributed by atoms with Crippen LogP contribution >= 0.6 is 11.3 Å². The Balaban J connectivity index is 1.52. The fraction of sp³-hybridized carbons (Fsp3) is 0.333. The van der Waals surface area contributed by atoms with Crippen molar-refractivity contribution in [2.24, 2.45) is 7.05 Å². The number of ether oxygens (including phenoxy) is 1. The van der Waals surface area contributed by atoms with Gasteiger partial charge in [-0.1, -0.05) is 6.07 Å². The van der Waals surface area contributed by atoms with Crippen molar-refractivity contribution in [1.82, 2.24) is 14.8 Å². The fourth-order valence-corrected chi connectivity index (χ4v) is 3.63. The summed E-state index contributed by atoms with van der Waals surface area (Å²) in [4.78, 5) is 50.7. The van der Waals surface area contributed by atoms with E-state index < -0.39 is 30.4 Å². The molecule has 3 amide bonds. The molecule has 2 aromatic heterocycles. The Morgan fingerprint density at radius 1 is 1.26 bits per heavy atom. The van der Waals surface area contributed by atoms with Crippen molar-refractivity contribution < 1.29 is 23.9 Å². The van der Waals surface area contributed by atoms with Gasteiger partial charge in [-0.15, -0.1) is 11.3 Å². The zero-order valence-electron chi connectivity index (χ0n) is 14.7. The summed E-state index contributed by atoms with van der Waals surface area (Å²) < 4.78 is 6.60. The number of likely N-dealkylation sites (tertiary alicyclic amines) is 1. The second-order valence-electron chi connectivity index (χ2n) is 6.12. The quantitative estimate of drug-likeness (QED) is 0.775. The number of carbonyl (C=O) groups excluding carboxylic acids is 4. The molecule has 3 heterocycles. The Morgan fingerprint density at radius 3 is 2.74 bits per heavy atom. The van der Waals surface area contributed by atoms with Gasteiger partial charge in [0, 0.05) is 19.8 Å². The van der Waals surface area contributed by atoms with Gasteiger partial charge in [0.25, 0.3) is 17.7 Å². The monoisotopic (exact) mass is 389 g/mol. The predicted octanol–water partition coefficient (Wildman–Crippen LogP) is 1.19. The Morgan fingerprint density at radius 2 is 2.07 bits per heavy atom. The second-order valence-corrected chi connectivity index (χ2v) is 7.07. The molecule has 9 heteroatoms. The van der Waals surface area contributed by atoms with Crippen molar-refractivity contribution >= 4 is 35.0 Å². The van der Waals surface area contributed by atoms with Gasteiger partial charge in [0.15, 0.2) is 6.61 Å². The summed E-state index contributed by atoms with van der Waals surface area (Å²) >= 11 is 1.31. The van der Waals surface area contributed by atoms with Gasteiger partial charge >= 0.3 is 5.97 Å². The summed E-state index contributed by atoms with van der Waals surface area (Å²) in [5.74, 6) is -2.14. The van der Waals surface area contributed by atoms with Crippen LogP contribution in [-0.4, -0.2) is 52.4 Å². The van der Waals surface area contributed by atoms with Gasteiger partial charge in [0.05, 0.1) is 4.88 Å². The summed E-state index contributed by atoms with van der Waals surface area (Å²) in [6, 6.07) is 6.02. The number of nitrogens with one attached hydrogen (secondary N) is 1. The molecule has 2 aromatic rings. The van der Waals surface area contributed by atoms with Crippen LogP contribution in [0.4, 0.5) is 0 Å². The lowest BCUT2D eigenvalue weighted by Gasteiger charge is -2.22. The predicted molar refractivity (Wildman–Crippen MR) is 97.2 cm³/mol. The Hall–Kier alpha value is -2.94. The van der Waals surface area contributed by atoms with Crippen molar-refractivity contribution in [1.29, 1.82) is 0 Å². The topological polar surface area (TPSA) is 97.7 Å². The first-order valence-corrected chi connectivity index (χ1v) is 9.32. The molecule has 142 valence electrons. The van der Waals surface area contributed by atoms with Gasteiger partial charge in [0.2, 0.25) is 0 Å². The van der Waals surface area contributed by atoms with E-state index in [-0.39, 0.29) is 5.91 Å². The van der Waals surface area contributed by atoms with Crippen LogP contribution in [0.15, 0.2) is 35.8 Å². The van der Waals surface area contributed by atoms with Gasteiger partial charge in [0.1, 0.15) is 11.7 Å². The molecule has 0 radical (unpaired) electrons. The van der Waals surface area contributed by atoms with Crippen molar-refractivity contribution in [3.05, 3.63) is 46.4 Å². The normalized spacial score (nSPS) is 16.2. The Bertz CT molecular complexity index is 858. The van der Waals surface area contributed by atoms with Crippen molar-refractivity contribution in [2.45, 2.75) is 18.9 Å². The number of thiophene rings is 1. The molecule has 3 rings (SSSR count). The largest absolute Gasteiger partial charge is 0.454 e. The van der Waals surface area contributed by atoms with E-state index in [2.05, 4.69) is 5.32 Å². The molecule has 1 saturated heterocycles. The Labute approximate surface area is 159 Å². The smallest absolute Gasteiger partial charge is 0.329 e. The lowest BCUT2D eigenvalue weighted by Crippen LogP contribution is -2.42. The summed E-state index contributed by atoms with van der Waals surface area (Å²) in [5, 5.41) is 3.97. The third-order valence-electron chi connectivity index (χ3n) is 4.29. The van der Waals surface area contributed by atoms with Crippen molar-refractivity contribution in [3.63, 3.8) is 0 Å². The number of carbonyl (C=O) groups is 4. The highest BCUT2D eigenvalue weighted by Gasteiger charge is 2.36. The summed E-state index contributed by atoms with van der Waals surface area (Å²) in [6.45, 7) is -0.110. The van der Waals surface area contributed by atoms with Crippen LogP contribution in [0.3, 0.4) is 0 Å². The number of rotatable bonds is 5. The van der Waals surface area contributed by atoms with E-state index in [9.17, 15) is 19.2 Å². The summed E-state index contributed by atoms with van der Waals surface area (Å²) in [5.41, 5.74) is 0.318. The van der Waals surface area contributed by atoms with E-state index in [1.807, 2.05) is 0 Å². The molecule has 1 aliphatic heterocycles. The molecular formula is C18H19N3O5S. The molecule has 0 unspecified atom stereocenters. The molecule has 0 aromatic carbocycles. The number of nitrogens with zero attached hydrogens (tertiary/aromatic N) is 2. The van der Waals surface area contributed by atoms with Crippen molar-refractivity contribution in [2.75, 3.05) is 13.2 Å². The maximum absolute atomic E-state index is 12.5. The molecule has 0 spiro atoms. The molecule has 8 nitrogen and oxygen atoms in total. The average molecular weight is 389 g/mol. The minimum atomic E-state index is -0.719. The first kappa shape index (κ1) is 18.8. The van der Waals surface area contributed by atoms with E-state index in [4.69, 9.17) is 4.74 Å². The standard InChI is InChI=1S/C18H19N3O5S/c1-20-8-2-5-12(20)16(23)19-15(22)11-26-18(25)13-6-3-9-21(13)17(24)14-7-4-10-27-14/h2,4-5,7-8,10,13H,3,6,9,11H2,1H3,(H,19,22,23)/t13-/m0/s1. The summed E-state index contributed by atoms with van der Waals surface area (Å²) in [6.07, 6.45) is 2.85. The van der Waals surface area contributed by atoms with Crippen molar-refractivity contribution in [3.8, 4) is 0 Å². The van der Waals surface area contributed by atoms with Crippen LogP contribution in [0.1, 0.15) is 33.0 Å². The highest BCUT2D eigenvalue weighted by atomic mass is 32.1. The minimum absolute atomic E-state index is 0.215. The minimum Gasteiger partial charge on any atom is -0.454 e. The zero-order chi connectivity index (χ0) is 19.4. The number of hydrogen-bond donors (Lipinski definition) is 1. The molecule has 1 N–H and O–H groups in total. The lowest BCUT2D eigenvalue weighted by atomic mass is 10.2. The second kappa shape index (κ2) is 8.17. The number of esters is 1. The van der Waals surface area contributed by atoms with Gasteiger partial charge in [-0.3, -0.25) is 19.7 Å². The first-order chi connectivity index (χ1) is 13.0. The van der Waals surface area contributed by atoms with Gasteiger partial charge in [-0.25, -0.2) is 4.79 Å². The van der Waals surface area contributed by atoms with E-state index in [1.165, 1.54) is 16.2 Å². The highest BCUT2D eigenvalue weighted by molar-refractivity contribution is 7.12. The van der Waals surface area contributed by atoms with Crippen LogP contribution in [0.25, 0.3) is 0 Å². The van der Waals surface area contributed by atoms with Crippen LogP contribution in [-0.2, 0) is 21.4 Å². The van der Waals surface area contributed by atoms with Gasteiger partial charge in [-0.2, -0.15) is 0 Å². The van der Waals surface area contributed by atoms with Crippen LogP contribution in [0.5, 0.6) is 0 Å². The molecule has 0 aliphatic carbocycles. The third kappa shape index (κ3) is 4.25. The van der Waals surface area contributed by atoms with Gasteiger partial charge < -0.3 is 14.2 Å². The third-order valence-corrected chi connectivity index (χ3v) is 5.15. The highest BCUT2D eigenvalue weighted by Crippen LogP contribution is 2.23. The number of aryl methyl sites for hydroxylation is 1. The van der Waals surface area contributed by atoms with E-state index >= 15 is 0 Å². The van der Waals surface area contributed by atoms with Gasteiger partial charge in [-0.05, 0) is 36.4 Å². The molecule has 1 atom stereocenters. The molecule has 1 fully saturated rings. The van der Waals surface area contributed by atoms with Crippen LogP contribution < -0.4 is 5.32 Å². The Kier molecular flexibility index (Phi) is 5.70. The lowest BCUT2D eigenvalue weighted by molar-refractivity contribution is -0.152. The first-order valence-electron chi connectivity index (χ1n) is 8.44. The average Bonchev–Trinajstić information content (AvgIpc) is 3.39. The molecule has 27 heavy (non-hydrogen) atoms. The number of hydrogen-bond acceptors (Lipinski definition) is 6.